The number of hydrogen-bond acceptors (Lipinski definition) is 2. The molecule has 2 aliphatic rings. The van der Waals surface area contributed by atoms with Gasteiger partial charge >= 0.3 is 0 Å². The van der Waals surface area contributed by atoms with Gasteiger partial charge in [-0.1, -0.05) is 20.3 Å². The summed E-state index contributed by atoms with van der Waals surface area (Å²) in [4.78, 5) is 0. The van der Waals surface area contributed by atoms with E-state index in [1.165, 1.54) is 38.5 Å². The van der Waals surface area contributed by atoms with E-state index in [0.717, 1.165) is 19.3 Å². The van der Waals surface area contributed by atoms with Crippen LogP contribution in [0.15, 0.2) is 0 Å². The van der Waals surface area contributed by atoms with Crippen molar-refractivity contribution in [3.05, 3.63) is 0 Å². The lowest BCUT2D eigenvalue weighted by Gasteiger charge is -2.31. The first kappa shape index (κ1) is 11.4. The summed E-state index contributed by atoms with van der Waals surface area (Å²) in [6, 6.07) is 1.44. The molecule has 2 atom stereocenters. The molecule has 0 spiro atoms. The fourth-order valence-corrected chi connectivity index (χ4v) is 2.99. The third-order valence-electron chi connectivity index (χ3n) is 4.15. The summed E-state index contributed by atoms with van der Waals surface area (Å²) in [6.45, 7) is 6.73. The molecular formula is C13H25NO. The molecule has 2 nitrogen and oxygen atoms in total. The molecule has 2 unspecified atom stereocenters. The number of hydrogen-bond donors (Lipinski definition) is 1. The third kappa shape index (κ3) is 2.94. The van der Waals surface area contributed by atoms with Crippen LogP contribution in [0.5, 0.6) is 0 Å². The molecule has 0 amide bonds. The van der Waals surface area contributed by atoms with Gasteiger partial charge in [-0.05, 0) is 37.5 Å². The van der Waals surface area contributed by atoms with Crippen LogP contribution in [0.4, 0.5) is 0 Å². The highest BCUT2D eigenvalue weighted by Gasteiger charge is 2.35. The second-order valence-corrected chi connectivity index (χ2v) is 5.84. The molecule has 2 fully saturated rings. The van der Waals surface area contributed by atoms with E-state index in [4.69, 9.17) is 4.74 Å². The molecule has 0 aromatic rings. The van der Waals surface area contributed by atoms with Crippen molar-refractivity contribution in [2.45, 2.75) is 64.5 Å². The minimum absolute atomic E-state index is 0.507. The Kier molecular flexibility index (Phi) is 3.68. The van der Waals surface area contributed by atoms with Crippen LogP contribution < -0.4 is 5.32 Å². The van der Waals surface area contributed by atoms with E-state index in [-0.39, 0.29) is 0 Å². The molecule has 2 heteroatoms. The highest BCUT2D eigenvalue weighted by molar-refractivity contribution is 4.92. The molecule has 2 rings (SSSR count). The van der Waals surface area contributed by atoms with Crippen molar-refractivity contribution >= 4 is 0 Å². The Bertz CT molecular complexity index is 195. The van der Waals surface area contributed by atoms with Crippen molar-refractivity contribution < 1.29 is 4.74 Å². The Morgan fingerprint density at radius 3 is 2.67 bits per heavy atom. The summed E-state index contributed by atoms with van der Waals surface area (Å²) in [7, 11) is 0. The van der Waals surface area contributed by atoms with Crippen molar-refractivity contribution in [3.63, 3.8) is 0 Å². The fraction of sp³-hybridized carbons (Fsp3) is 1.00. The molecular weight excluding hydrogens is 186 g/mol. The Balaban J connectivity index is 1.84. The van der Waals surface area contributed by atoms with Gasteiger partial charge in [-0.25, -0.2) is 0 Å². The normalized spacial score (nSPS) is 36.4. The van der Waals surface area contributed by atoms with E-state index in [9.17, 15) is 0 Å². The molecule has 15 heavy (non-hydrogen) atoms. The second kappa shape index (κ2) is 4.84. The Hall–Kier alpha value is -0.0800. The summed E-state index contributed by atoms with van der Waals surface area (Å²) in [5.74, 6) is 0. The molecule has 1 N–H and O–H groups in total. The topological polar surface area (TPSA) is 21.3 Å². The zero-order valence-corrected chi connectivity index (χ0v) is 10.2. The predicted molar refractivity (Wildman–Crippen MR) is 63.0 cm³/mol. The van der Waals surface area contributed by atoms with Crippen LogP contribution in [0.2, 0.25) is 0 Å². The van der Waals surface area contributed by atoms with Crippen molar-refractivity contribution in [1.82, 2.24) is 5.32 Å². The lowest BCUT2D eigenvalue weighted by Crippen LogP contribution is -2.44. The van der Waals surface area contributed by atoms with Crippen molar-refractivity contribution in [2.75, 3.05) is 13.2 Å². The lowest BCUT2D eigenvalue weighted by atomic mass is 9.86. The molecule has 0 radical (unpaired) electrons. The van der Waals surface area contributed by atoms with Gasteiger partial charge in [0.05, 0.1) is 0 Å². The summed E-state index contributed by atoms with van der Waals surface area (Å²) in [6.07, 6.45) is 7.87. The molecule has 88 valence electrons. The van der Waals surface area contributed by atoms with Crippen LogP contribution in [-0.2, 0) is 4.74 Å². The van der Waals surface area contributed by atoms with E-state index in [2.05, 4.69) is 19.2 Å². The zero-order valence-electron chi connectivity index (χ0n) is 10.2. The quantitative estimate of drug-likeness (QED) is 0.758. The van der Waals surface area contributed by atoms with Gasteiger partial charge in [-0.15, -0.1) is 0 Å². The Morgan fingerprint density at radius 1 is 1.07 bits per heavy atom. The maximum absolute atomic E-state index is 5.50. The van der Waals surface area contributed by atoms with Crippen LogP contribution in [-0.4, -0.2) is 25.3 Å². The van der Waals surface area contributed by atoms with Gasteiger partial charge in [-0.2, -0.15) is 0 Å². The highest BCUT2D eigenvalue weighted by Crippen LogP contribution is 2.37. The first-order valence-corrected chi connectivity index (χ1v) is 6.52. The first-order chi connectivity index (χ1) is 7.18. The first-order valence-electron chi connectivity index (χ1n) is 6.52. The molecule has 0 aromatic heterocycles. The van der Waals surface area contributed by atoms with E-state index >= 15 is 0 Å². The molecule has 1 saturated heterocycles. The average molecular weight is 211 g/mol. The van der Waals surface area contributed by atoms with Gasteiger partial charge < -0.3 is 10.1 Å². The average Bonchev–Trinajstić information content (AvgIpc) is 2.43. The van der Waals surface area contributed by atoms with E-state index in [1.54, 1.807) is 0 Å². The van der Waals surface area contributed by atoms with Crippen molar-refractivity contribution in [3.8, 4) is 0 Å². The monoisotopic (exact) mass is 211 g/mol. The van der Waals surface area contributed by atoms with Crippen LogP contribution >= 0.6 is 0 Å². The van der Waals surface area contributed by atoms with Crippen LogP contribution in [0.3, 0.4) is 0 Å². The van der Waals surface area contributed by atoms with Gasteiger partial charge in [0.15, 0.2) is 0 Å². The standard InChI is InChI=1S/C13H25NO/c1-13(2)8-3-6-12(13)14-11-5-4-9-15-10-7-11/h11-12,14H,3-10H2,1-2H3. The summed E-state index contributed by atoms with van der Waals surface area (Å²) in [5, 5.41) is 3.87. The number of ether oxygens (including phenoxy) is 1. The fourth-order valence-electron chi connectivity index (χ4n) is 2.99. The van der Waals surface area contributed by atoms with Gasteiger partial charge in [0.1, 0.15) is 0 Å². The maximum Gasteiger partial charge on any atom is 0.0480 e. The molecule has 1 saturated carbocycles. The van der Waals surface area contributed by atoms with Crippen LogP contribution in [0, 0.1) is 5.41 Å². The Morgan fingerprint density at radius 2 is 1.93 bits per heavy atom. The minimum Gasteiger partial charge on any atom is -0.381 e. The SMILES string of the molecule is CC1(C)CCCC1NC1CCCOCC1. The molecule has 0 bridgehead atoms. The largest absolute Gasteiger partial charge is 0.381 e. The van der Waals surface area contributed by atoms with Gasteiger partial charge in [0.25, 0.3) is 0 Å². The molecule has 1 aliphatic carbocycles. The number of rotatable bonds is 2. The molecule has 1 heterocycles. The Labute approximate surface area is 93.8 Å². The van der Waals surface area contributed by atoms with Gasteiger partial charge in [-0.3, -0.25) is 0 Å². The van der Waals surface area contributed by atoms with E-state index in [1.807, 2.05) is 0 Å². The number of nitrogens with one attached hydrogen (secondary N) is 1. The summed E-state index contributed by atoms with van der Waals surface area (Å²) in [5.41, 5.74) is 0.507. The summed E-state index contributed by atoms with van der Waals surface area (Å²) < 4.78 is 5.50. The van der Waals surface area contributed by atoms with Crippen molar-refractivity contribution in [2.24, 2.45) is 5.41 Å². The highest BCUT2D eigenvalue weighted by atomic mass is 16.5. The van der Waals surface area contributed by atoms with E-state index < -0.39 is 0 Å². The minimum atomic E-state index is 0.507. The van der Waals surface area contributed by atoms with Crippen molar-refractivity contribution in [1.29, 1.82) is 0 Å². The lowest BCUT2D eigenvalue weighted by molar-refractivity contribution is 0.141. The second-order valence-electron chi connectivity index (χ2n) is 5.84. The maximum atomic E-state index is 5.50. The molecule has 1 aliphatic heterocycles. The van der Waals surface area contributed by atoms with Crippen LogP contribution in [0.25, 0.3) is 0 Å². The summed E-state index contributed by atoms with van der Waals surface area (Å²) >= 11 is 0. The molecule has 0 aromatic carbocycles. The predicted octanol–water partition coefficient (Wildman–Crippen LogP) is 2.72. The van der Waals surface area contributed by atoms with Gasteiger partial charge in [0.2, 0.25) is 0 Å². The van der Waals surface area contributed by atoms with Gasteiger partial charge in [0, 0.05) is 25.3 Å². The van der Waals surface area contributed by atoms with Crippen LogP contribution in [0.1, 0.15) is 52.4 Å². The van der Waals surface area contributed by atoms with E-state index in [0.29, 0.717) is 11.5 Å². The smallest absolute Gasteiger partial charge is 0.0480 e. The zero-order chi connectivity index (χ0) is 10.7. The third-order valence-corrected chi connectivity index (χ3v) is 4.15.